The summed E-state index contributed by atoms with van der Waals surface area (Å²) in [5, 5.41) is 5.16. The molecule has 9 aromatic rings. The van der Waals surface area contributed by atoms with Crippen LogP contribution in [-0.2, 0) is 11.0 Å². The van der Waals surface area contributed by atoms with Gasteiger partial charge in [-0.15, -0.1) is 0 Å². The lowest BCUT2D eigenvalue weighted by molar-refractivity contribution is -0.727. The molecule has 0 aliphatic carbocycles. The fourth-order valence-electron chi connectivity index (χ4n) is 10.9. The normalized spacial score (nSPS) is 18.8. The Labute approximate surface area is 319 Å². The monoisotopic (exact) mass is 708 g/mol. The second-order valence-electron chi connectivity index (χ2n) is 16.9. The summed E-state index contributed by atoms with van der Waals surface area (Å²) in [6.45, 7) is 7.05. The zero-order valence-electron chi connectivity index (χ0n) is 31.2. The summed E-state index contributed by atoms with van der Waals surface area (Å²) >= 11 is 0. The smallest absolute Gasteiger partial charge is 0.296 e. The van der Waals surface area contributed by atoms with Gasteiger partial charge in [-0.05, 0) is 82.3 Å². The van der Waals surface area contributed by atoms with E-state index in [4.69, 9.17) is 0 Å². The summed E-state index contributed by atoms with van der Waals surface area (Å²) in [5.74, 6) is 0. The molecule has 7 heterocycles. The number of hydrogen-bond acceptors (Lipinski definition) is 2. The van der Waals surface area contributed by atoms with Crippen molar-refractivity contribution in [1.29, 1.82) is 0 Å². The standard InChI is InChI=1S/C50H38N5/c1-49(2,3)33-27-41-44-42(28-33)54-38-18-10-8-15-34(38)36-24-25-40-45(46(36)54)50(44,53-26-12-17-37-35-16-9-11-19-39(35)55(40)47(37)53)48-51(4)43(29-52(41)48)32-22-20-31(21-23-32)30-13-6-5-7-14-30/h5-29,48H,1-4H3/q+1. The van der Waals surface area contributed by atoms with Crippen LogP contribution in [0.5, 0.6) is 0 Å². The van der Waals surface area contributed by atoms with Gasteiger partial charge in [0.05, 0.1) is 50.8 Å². The largest absolute Gasteiger partial charge is 0.348 e. The molecule has 0 saturated heterocycles. The Morgan fingerprint density at radius 2 is 1.20 bits per heavy atom. The van der Waals surface area contributed by atoms with Crippen LogP contribution in [0.4, 0.5) is 5.69 Å². The number of pyridine rings is 1. The van der Waals surface area contributed by atoms with Crippen LogP contribution in [0.15, 0.2) is 152 Å². The molecule has 2 atom stereocenters. The SMILES string of the molecule is CN1C(c2ccc(-c3ccccc3)cc2)=CN2c3cc(C(C)(C)C)cc4c3C3(c5c(ccc6c7ccccc7n-4c56)-n4c5ccccc5c5ccc[n+]3c54)C12. The molecule has 0 radical (unpaired) electrons. The molecule has 6 aromatic carbocycles. The first-order valence-corrected chi connectivity index (χ1v) is 19.5. The average Bonchev–Trinajstić information content (AvgIpc) is 3.93. The van der Waals surface area contributed by atoms with Gasteiger partial charge in [-0.25, -0.2) is 4.57 Å². The van der Waals surface area contributed by atoms with Crippen LogP contribution >= 0.6 is 0 Å². The molecule has 5 nitrogen and oxygen atoms in total. The number of rotatable bonds is 2. The van der Waals surface area contributed by atoms with Gasteiger partial charge in [-0.2, -0.15) is 4.57 Å². The predicted octanol–water partition coefficient (Wildman–Crippen LogP) is 10.6. The number of para-hydroxylation sites is 2. The van der Waals surface area contributed by atoms with Crippen molar-refractivity contribution >= 4 is 55.1 Å². The van der Waals surface area contributed by atoms with Crippen LogP contribution in [0.3, 0.4) is 0 Å². The van der Waals surface area contributed by atoms with Gasteiger partial charge in [0.1, 0.15) is 11.2 Å². The van der Waals surface area contributed by atoms with Gasteiger partial charge < -0.3 is 14.4 Å². The molecule has 3 aromatic heterocycles. The number of benzene rings is 6. The van der Waals surface area contributed by atoms with Crippen molar-refractivity contribution in [2.24, 2.45) is 0 Å². The highest BCUT2D eigenvalue weighted by atomic mass is 15.5. The Balaban J connectivity index is 1.19. The summed E-state index contributed by atoms with van der Waals surface area (Å²) in [4.78, 5) is 5.19. The molecular formula is C50H38N5+. The van der Waals surface area contributed by atoms with Crippen LogP contribution in [0, 0.1) is 0 Å². The summed E-state index contributed by atoms with van der Waals surface area (Å²) in [5.41, 5.74) is 17.3. The summed E-state index contributed by atoms with van der Waals surface area (Å²) in [6.07, 6.45) is 4.75. The van der Waals surface area contributed by atoms with Crippen LogP contribution in [0.25, 0.3) is 71.9 Å². The van der Waals surface area contributed by atoms with E-state index in [1.807, 2.05) is 0 Å². The topological polar surface area (TPSA) is 20.2 Å². The molecule has 13 rings (SSSR count). The van der Waals surface area contributed by atoms with E-state index in [-0.39, 0.29) is 11.6 Å². The molecule has 262 valence electrons. The number of aromatic nitrogens is 3. The van der Waals surface area contributed by atoms with Crippen molar-refractivity contribution in [3.8, 4) is 22.5 Å². The molecule has 0 amide bonds. The number of likely N-dealkylation sites (N-methyl/N-ethyl adjacent to an activating group) is 1. The minimum atomic E-state index is -0.568. The molecule has 0 fully saturated rings. The Kier molecular flexibility index (Phi) is 5.28. The Morgan fingerprint density at radius 3 is 1.96 bits per heavy atom. The lowest BCUT2D eigenvalue weighted by Gasteiger charge is -2.44. The van der Waals surface area contributed by atoms with E-state index >= 15 is 0 Å². The second-order valence-corrected chi connectivity index (χ2v) is 16.9. The predicted molar refractivity (Wildman–Crippen MR) is 224 cm³/mol. The van der Waals surface area contributed by atoms with E-state index in [1.165, 1.54) is 99.9 Å². The van der Waals surface area contributed by atoms with Crippen LogP contribution < -0.4 is 9.47 Å². The second kappa shape index (κ2) is 9.74. The molecule has 2 unspecified atom stereocenters. The fourth-order valence-corrected chi connectivity index (χ4v) is 10.9. The first-order chi connectivity index (χ1) is 26.9. The van der Waals surface area contributed by atoms with Gasteiger partial charge in [0, 0.05) is 29.4 Å². The first-order valence-electron chi connectivity index (χ1n) is 19.5. The van der Waals surface area contributed by atoms with Crippen molar-refractivity contribution in [2.45, 2.75) is 37.9 Å². The lowest BCUT2D eigenvalue weighted by Crippen LogP contribution is -2.69. The van der Waals surface area contributed by atoms with E-state index in [0.717, 1.165) is 0 Å². The Morgan fingerprint density at radius 1 is 0.564 bits per heavy atom. The lowest BCUT2D eigenvalue weighted by atomic mass is 9.74. The molecule has 4 aliphatic rings. The third-order valence-corrected chi connectivity index (χ3v) is 13.2. The first kappa shape index (κ1) is 29.8. The maximum absolute atomic E-state index is 2.67. The third kappa shape index (κ3) is 3.37. The van der Waals surface area contributed by atoms with Crippen molar-refractivity contribution in [1.82, 2.24) is 14.0 Å². The molecule has 0 bridgehead atoms. The van der Waals surface area contributed by atoms with Gasteiger partial charge in [-0.3, -0.25) is 0 Å². The number of anilines is 1. The maximum Gasteiger partial charge on any atom is 0.296 e. The Hall–Kier alpha value is -6.59. The zero-order valence-corrected chi connectivity index (χ0v) is 31.2. The van der Waals surface area contributed by atoms with E-state index in [1.54, 1.807) is 0 Å². The highest BCUT2D eigenvalue weighted by Gasteiger charge is 2.67. The molecule has 1 spiro atoms. The molecule has 5 heteroatoms. The van der Waals surface area contributed by atoms with Crippen molar-refractivity contribution in [2.75, 3.05) is 11.9 Å². The quantitative estimate of drug-likeness (QED) is 0.167. The number of nitrogens with zero attached hydrogens (tertiary/aromatic N) is 5. The van der Waals surface area contributed by atoms with Gasteiger partial charge >= 0.3 is 0 Å². The molecular weight excluding hydrogens is 671 g/mol. The minimum absolute atomic E-state index is 0.0567. The molecule has 0 N–H and O–H groups in total. The molecule has 0 saturated carbocycles. The summed E-state index contributed by atoms with van der Waals surface area (Å²) in [7, 11) is 2.32. The van der Waals surface area contributed by atoms with Crippen molar-refractivity contribution in [3.63, 3.8) is 0 Å². The zero-order chi connectivity index (χ0) is 36.5. The van der Waals surface area contributed by atoms with E-state index in [9.17, 15) is 0 Å². The van der Waals surface area contributed by atoms with Gasteiger partial charge in [0.2, 0.25) is 5.54 Å². The van der Waals surface area contributed by atoms with E-state index in [2.05, 4.69) is 203 Å². The molecule has 4 aliphatic heterocycles. The highest BCUT2D eigenvalue weighted by Crippen LogP contribution is 2.62. The van der Waals surface area contributed by atoms with Crippen LogP contribution in [-0.4, -0.2) is 27.2 Å². The maximum atomic E-state index is 2.67. The van der Waals surface area contributed by atoms with Gasteiger partial charge in [0.15, 0.2) is 6.17 Å². The summed E-state index contributed by atoms with van der Waals surface area (Å²) in [6, 6.07) is 52.2. The molecule has 55 heavy (non-hydrogen) atoms. The highest BCUT2D eigenvalue weighted by molar-refractivity contribution is 6.15. The van der Waals surface area contributed by atoms with Crippen LogP contribution in [0.1, 0.15) is 43.0 Å². The number of fused-ring (bicyclic) bond motifs is 10. The van der Waals surface area contributed by atoms with E-state index < -0.39 is 5.54 Å². The van der Waals surface area contributed by atoms with Crippen molar-refractivity contribution < 1.29 is 4.57 Å². The Bertz CT molecular complexity index is 3210. The number of hydrogen-bond donors (Lipinski definition) is 0. The fraction of sp³-hybridized carbons (Fsp3) is 0.140. The van der Waals surface area contributed by atoms with Gasteiger partial charge in [-0.1, -0.05) is 106 Å². The average molecular weight is 709 g/mol. The minimum Gasteiger partial charge on any atom is -0.348 e. The third-order valence-electron chi connectivity index (χ3n) is 13.2. The summed E-state index contributed by atoms with van der Waals surface area (Å²) < 4.78 is 7.83. The van der Waals surface area contributed by atoms with Crippen LogP contribution in [0.2, 0.25) is 0 Å². The van der Waals surface area contributed by atoms with Gasteiger partial charge in [0.25, 0.3) is 5.65 Å². The van der Waals surface area contributed by atoms with Crippen molar-refractivity contribution in [3.05, 3.63) is 174 Å². The van der Waals surface area contributed by atoms with E-state index in [0.29, 0.717) is 0 Å².